The van der Waals surface area contributed by atoms with E-state index in [1.54, 1.807) is 0 Å². The van der Waals surface area contributed by atoms with Crippen molar-refractivity contribution in [3.63, 3.8) is 0 Å². The molecule has 4 nitrogen and oxygen atoms in total. The van der Waals surface area contributed by atoms with Crippen LogP contribution in [0.25, 0.3) is 0 Å². The number of nitrogens with two attached hydrogens (primary N) is 1. The fraction of sp³-hybridized carbons (Fsp3) is 0.400. The summed E-state index contributed by atoms with van der Waals surface area (Å²) in [5.41, 5.74) is 7.50. The van der Waals surface area contributed by atoms with Gasteiger partial charge in [-0.05, 0) is 30.5 Å². The molecule has 1 aromatic carbocycles. The Morgan fingerprint density at radius 1 is 1.37 bits per heavy atom. The fourth-order valence-corrected chi connectivity index (χ4v) is 2.47. The highest BCUT2D eigenvalue weighted by atomic mass is 15.3. The highest BCUT2D eigenvalue weighted by Crippen LogP contribution is 2.22. The van der Waals surface area contributed by atoms with Crippen molar-refractivity contribution in [1.82, 2.24) is 15.2 Å². The van der Waals surface area contributed by atoms with E-state index in [2.05, 4.69) is 47.8 Å². The molecule has 0 saturated carbocycles. The summed E-state index contributed by atoms with van der Waals surface area (Å²) in [5.74, 6) is 5.75. The van der Waals surface area contributed by atoms with Gasteiger partial charge in [-0.3, -0.25) is 10.5 Å². The van der Waals surface area contributed by atoms with Crippen LogP contribution in [0.2, 0.25) is 0 Å². The molecule has 0 aliphatic rings. The molecule has 2 aromatic rings. The van der Waals surface area contributed by atoms with Gasteiger partial charge in [-0.15, -0.1) is 0 Å². The van der Waals surface area contributed by atoms with E-state index in [0.717, 1.165) is 24.2 Å². The predicted octanol–water partition coefficient (Wildman–Crippen LogP) is 2.23. The van der Waals surface area contributed by atoms with Gasteiger partial charge in [0.2, 0.25) is 0 Å². The van der Waals surface area contributed by atoms with Crippen LogP contribution in [0.5, 0.6) is 0 Å². The van der Waals surface area contributed by atoms with Gasteiger partial charge in [-0.25, -0.2) is 5.43 Å². The van der Waals surface area contributed by atoms with Gasteiger partial charge in [0.1, 0.15) is 0 Å². The molecule has 1 atom stereocenters. The zero-order chi connectivity index (χ0) is 13.8. The van der Waals surface area contributed by atoms with Crippen LogP contribution in [-0.4, -0.2) is 9.78 Å². The molecule has 0 fully saturated rings. The number of nitrogens with one attached hydrogen (secondary N) is 1. The lowest BCUT2D eigenvalue weighted by atomic mass is 10.00. The normalized spacial score (nSPS) is 12.6. The van der Waals surface area contributed by atoms with Crippen LogP contribution in [0.3, 0.4) is 0 Å². The first-order chi connectivity index (χ1) is 9.15. The van der Waals surface area contributed by atoms with Crippen LogP contribution < -0.4 is 11.3 Å². The van der Waals surface area contributed by atoms with Crippen molar-refractivity contribution in [3.8, 4) is 0 Å². The molecule has 1 aromatic heterocycles. The van der Waals surface area contributed by atoms with Gasteiger partial charge < -0.3 is 0 Å². The molecule has 4 heteroatoms. The molecule has 102 valence electrons. The second-order valence-corrected chi connectivity index (χ2v) is 4.93. The maximum absolute atomic E-state index is 5.75. The number of aryl methyl sites for hydroxylation is 3. The molecule has 1 unspecified atom stereocenters. The van der Waals surface area contributed by atoms with E-state index in [9.17, 15) is 0 Å². The van der Waals surface area contributed by atoms with E-state index in [4.69, 9.17) is 5.84 Å². The summed E-state index contributed by atoms with van der Waals surface area (Å²) in [4.78, 5) is 0. The molecule has 1 heterocycles. The van der Waals surface area contributed by atoms with Gasteiger partial charge >= 0.3 is 0 Å². The van der Waals surface area contributed by atoms with Crippen LogP contribution in [0.1, 0.15) is 41.9 Å². The number of rotatable bonds is 5. The average Bonchev–Trinajstić information content (AvgIpc) is 2.71. The molecule has 0 radical (unpaired) electrons. The number of aromatic nitrogens is 2. The Morgan fingerprint density at radius 2 is 2.16 bits per heavy atom. The van der Waals surface area contributed by atoms with Gasteiger partial charge in [0.05, 0.1) is 17.4 Å². The monoisotopic (exact) mass is 258 g/mol. The number of hydrazine groups is 1. The fourth-order valence-electron chi connectivity index (χ4n) is 2.47. The molecular weight excluding hydrogens is 236 g/mol. The number of hydrogen-bond donors (Lipinski definition) is 2. The van der Waals surface area contributed by atoms with E-state index in [1.807, 2.05) is 18.7 Å². The smallest absolute Gasteiger partial charge is 0.0878 e. The number of benzene rings is 1. The summed E-state index contributed by atoms with van der Waals surface area (Å²) in [7, 11) is 1.95. The third-order valence-electron chi connectivity index (χ3n) is 3.32. The molecule has 0 aliphatic heterocycles. The lowest BCUT2D eigenvalue weighted by Crippen LogP contribution is -2.30. The predicted molar refractivity (Wildman–Crippen MR) is 77.5 cm³/mol. The van der Waals surface area contributed by atoms with Crippen LogP contribution in [0.15, 0.2) is 30.3 Å². The van der Waals surface area contributed by atoms with E-state index in [-0.39, 0.29) is 6.04 Å². The molecule has 19 heavy (non-hydrogen) atoms. The van der Waals surface area contributed by atoms with Gasteiger partial charge in [0.15, 0.2) is 0 Å². The second kappa shape index (κ2) is 5.99. The Bertz CT molecular complexity index is 545. The van der Waals surface area contributed by atoms with Crippen molar-refractivity contribution < 1.29 is 0 Å². The Balaban J connectivity index is 2.36. The Kier molecular flexibility index (Phi) is 4.35. The summed E-state index contributed by atoms with van der Waals surface area (Å²) in [6.07, 6.45) is 2.24. The van der Waals surface area contributed by atoms with Crippen LogP contribution >= 0.6 is 0 Å². The summed E-state index contributed by atoms with van der Waals surface area (Å²) in [6, 6.07) is 10.6. The van der Waals surface area contributed by atoms with Gasteiger partial charge in [0, 0.05) is 7.05 Å². The van der Waals surface area contributed by atoms with Crippen molar-refractivity contribution in [1.29, 1.82) is 0 Å². The molecule has 0 spiro atoms. The summed E-state index contributed by atoms with van der Waals surface area (Å²) in [5, 5.41) is 4.39. The van der Waals surface area contributed by atoms with Gasteiger partial charge in [-0.2, -0.15) is 5.10 Å². The van der Waals surface area contributed by atoms with E-state index >= 15 is 0 Å². The Morgan fingerprint density at radius 3 is 2.74 bits per heavy atom. The summed E-state index contributed by atoms with van der Waals surface area (Å²) >= 11 is 0. The van der Waals surface area contributed by atoms with Gasteiger partial charge in [0.25, 0.3) is 0 Å². The first kappa shape index (κ1) is 13.8. The zero-order valence-corrected chi connectivity index (χ0v) is 11.9. The molecule has 0 bridgehead atoms. The third-order valence-corrected chi connectivity index (χ3v) is 3.32. The van der Waals surface area contributed by atoms with Crippen LogP contribution in [0, 0.1) is 6.92 Å². The molecule has 0 aliphatic carbocycles. The number of nitrogens with zero attached hydrogens (tertiary/aromatic N) is 2. The highest BCUT2D eigenvalue weighted by molar-refractivity contribution is 5.32. The highest BCUT2D eigenvalue weighted by Gasteiger charge is 2.17. The standard InChI is InChI=1S/C15H22N4/c1-4-6-12-7-5-8-13(10-12)15(17-16)14-9-11(2)18-19(14)3/h5,7-10,15,17H,4,6,16H2,1-3H3. The quantitative estimate of drug-likeness (QED) is 0.639. The lowest BCUT2D eigenvalue weighted by molar-refractivity contribution is 0.574. The van der Waals surface area contributed by atoms with Gasteiger partial charge in [-0.1, -0.05) is 37.6 Å². The molecule has 0 amide bonds. The Labute approximate surface area is 114 Å². The van der Waals surface area contributed by atoms with Crippen molar-refractivity contribution in [2.24, 2.45) is 12.9 Å². The van der Waals surface area contributed by atoms with Crippen molar-refractivity contribution in [2.45, 2.75) is 32.7 Å². The van der Waals surface area contributed by atoms with Crippen LogP contribution in [0.4, 0.5) is 0 Å². The molecule has 3 N–H and O–H groups in total. The molecular formula is C15H22N4. The van der Waals surface area contributed by atoms with Crippen molar-refractivity contribution in [2.75, 3.05) is 0 Å². The summed E-state index contributed by atoms with van der Waals surface area (Å²) < 4.78 is 1.88. The number of hydrogen-bond acceptors (Lipinski definition) is 3. The Hall–Kier alpha value is -1.65. The molecule has 2 rings (SSSR count). The molecule has 0 saturated heterocycles. The third kappa shape index (κ3) is 3.03. The van der Waals surface area contributed by atoms with E-state index < -0.39 is 0 Å². The topological polar surface area (TPSA) is 55.9 Å². The van der Waals surface area contributed by atoms with E-state index in [0.29, 0.717) is 0 Å². The minimum absolute atomic E-state index is 0.0250. The first-order valence-electron chi connectivity index (χ1n) is 6.71. The lowest BCUT2D eigenvalue weighted by Gasteiger charge is -2.17. The largest absolute Gasteiger partial charge is 0.271 e. The first-order valence-corrected chi connectivity index (χ1v) is 6.71. The van der Waals surface area contributed by atoms with Crippen LogP contribution in [-0.2, 0) is 13.5 Å². The zero-order valence-electron chi connectivity index (χ0n) is 11.9. The average molecular weight is 258 g/mol. The summed E-state index contributed by atoms with van der Waals surface area (Å²) in [6.45, 7) is 4.18. The van der Waals surface area contributed by atoms with Crippen molar-refractivity contribution >= 4 is 0 Å². The SMILES string of the molecule is CCCc1cccc(C(NN)c2cc(C)nn2C)c1. The second-order valence-electron chi connectivity index (χ2n) is 4.93. The van der Waals surface area contributed by atoms with Crippen molar-refractivity contribution in [3.05, 3.63) is 52.8 Å². The van der Waals surface area contributed by atoms with E-state index in [1.165, 1.54) is 11.1 Å². The minimum Gasteiger partial charge on any atom is -0.271 e. The minimum atomic E-state index is -0.0250. The maximum atomic E-state index is 5.75. The maximum Gasteiger partial charge on any atom is 0.0878 e.